The molecule has 5 nitrogen and oxygen atoms in total. The normalized spacial score (nSPS) is 15.8. The Hall–Kier alpha value is -1.28. The summed E-state index contributed by atoms with van der Waals surface area (Å²) in [5.41, 5.74) is 0.928. The maximum Gasteiger partial charge on any atom is 0.193 e. The van der Waals surface area contributed by atoms with Crippen LogP contribution in [0.25, 0.3) is 11.0 Å². The van der Waals surface area contributed by atoms with Gasteiger partial charge >= 0.3 is 0 Å². The first kappa shape index (κ1) is 20.0. The highest BCUT2D eigenvalue weighted by molar-refractivity contribution is 14.0. The zero-order valence-corrected chi connectivity index (χ0v) is 17.4. The minimum absolute atomic E-state index is 0. The molecule has 1 N–H and O–H groups in total. The topological polar surface area (TPSA) is 50.0 Å². The number of halogens is 1. The molecule has 1 aliphatic rings. The van der Waals surface area contributed by atoms with Crippen molar-refractivity contribution in [2.75, 3.05) is 33.9 Å². The summed E-state index contributed by atoms with van der Waals surface area (Å²) in [4.78, 5) is 6.58. The Labute approximate surface area is 166 Å². The Kier molecular flexibility index (Phi) is 8.02. The van der Waals surface area contributed by atoms with E-state index in [-0.39, 0.29) is 24.0 Å². The molecular formula is C19H28IN3O2. The molecule has 2 heterocycles. The molecule has 0 amide bonds. The van der Waals surface area contributed by atoms with Crippen molar-refractivity contribution in [2.45, 2.75) is 25.8 Å². The maximum absolute atomic E-state index is 5.85. The standard InChI is InChI=1S/C19H27N3O2.HI/c1-20-19(22(2)10-7-15-8-11-23-12-9-15)21-14-17-13-16-5-3-4-6-18(16)24-17;/h3-6,13,15H,7-12,14H2,1-2H3,(H,20,21);1H. The van der Waals surface area contributed by atoms with E-state index in [4.69, 9.17) is 9.15 Å². The molecule has 1 aliphatic heterocycles. The van der Waals surface area contributed by atoms with Gasteiger partial charge in [0, 0.05) is 39.2 Å². The molecule has 0 bridgehead atoms. The first-order valence-electron chi connectivity index (χ1n) is 8.73. The second-order valence-electron chi connectivity index (χ2n) is 6.42. The van der Waals surface area contributed by atoms with Gasteiger partial charge in [-0.2, -0.15) is 0 Å². The van der Waals surface area contributed by atoms with E-state index >= 15 is 0 Å². The molecule has 0 unspecified atom stereocenters. The Morgan fingerprint density at radius 1 is 1.28 bits per heavy atom. The molecule has 0 radical (unpaired) electrons. The number of benzene rings is 1. The van der Waals surface area contributed by atoms with Crippen LogP contribution in [0.3, 0.4) is 0 Å². The molecular weight excluding hydrogens is 429 g/mol. The fraction of sp³-hybridized carbons (Fsp3) is 0.526. The van der Waals surface area contributed by atoms with Crippen LogP contribution in [0.4, 0.5) is 0 Å². The fourth-order valence-electron chi connectivity index (χ4n) is 3.19. The van der Waals surface area contributed by atoms with Crippen LogP contribution in [-0.2, 0) is 11.3 Å². The van der Waals surface area contributed by atoms with Gasteiger partial charge in [-0.05, 0) is 37.3 Å². The van der Waals surface area contributed by atoms with Crippen LogP contribution in [0.2, 0.25) is 0 Å². The molecule has 0 atom stereocenters. The third-order valence-electron chi connectivity index (χ3n) is 4.68. The minimum atomic E-state index is 0. The third kappa shape index (κ3) is 5.60. The molecule has 0 aliphatic carbocycles. The van der Waals surface area contributed by atoms with Crippen LogP contribution in [0.15, 0.2) is 39.7 Å². The van der Waals surface area contributed by atoms with Crippen LogP contribution < -0.4 is 5.32 Å². The molecule has 0 saturated carbocycles. The van der Waals surface area contributed by atoms with Crippen LogP contribution in [0.1, 0.15) is 25.0 Å². The third-order valence-corrected chi connectivity index (χ3v) is 4.68. The van der Waals surface area contributed by atoms with E-state index in [1.54, 1.807) is 0 Å². The van der Waals surface area contributed by atoms with Crippen molar-refractivity contribution < 1.29 is 9.15 Å². The van der Waals surface area contributed by atoms with Gasteiger partial charge in [-0.1, -0.05) is 18.2 Å². The first-order valence-corrected chi connectivity index (χ1v) is 8.73. The lowest BCUT2D eigenvalue weighted by molar-refractivity contribution is 0.0625. The van der Waals surface area contributed by atoms with Crippen molar-refractivity contribution in [1.29, 1.82) is 0 Å². The molecule has 1 aromatic heterocycles. The number of nitrogens with one attached hydrogen (secondary N) is 1. The van der Waals surface area contributed by atoms with E-state index in [0.717, 1.165) is 48.4 Å². The molecule has 3 rings (SSSR count). The zero-order chi connectivity index (χ0) is 16.8. The van der Waals surface area contributed by atoms with Crippen molar-refractivity contribution in [1.82, 2.24) is 10.2 Å². The van der Waals surface area contributed by atoms with E-state index in [9.17, 15) is 0 Å². The molecule has 1 fully saturated rings. The average Bonchev–Trinajstić information content (AvgIpc) is 3.04. The first-order chi connectivity index (χ1) is 11.8. The summed E-state index contributed by atoms with van der Waals surface area (Å²) in [6.45, 7) is 3.47. The highest BCUT2D eigenvalue weighted by Crippen LogP contribution is 2.19. The number of nitrogens with zero attached hydrogens (tertiary/aromatic N) is 2. The summed E-state index contributed by atoms with van der Waals surface area (Å²) >= 11 is 0. The monoisotopic (exact) mass is 457 g/mol. The number of rotatable bonds is 5. The van der Waals surface area contributed by atoms with Crippen molar-refractivity contribution in [3.63, 3.8) is 0 Å². The highest BCUT2D eigenvalue weighted by Gasteiger charge is 2.15. The van der Waals surface area contributed by atoms with E-state index in [1.807, 2.05) is 25.2 Å². The molecule has 138 valence electrons. The van der Waals surface area contributed by atoms with Crippen molar-refractivity contribution in [3.8, 4) is 0 Å². The Bertz CT molecular complexity index is 647. The maximum atomic E-state index is 5.85. The van der Waals surface area contributed by atoms with Gasteiger partial charge in [-0.3, -0.25) is 4.99 Å². The number of hydrogen-bond acceptors (Lipinski definition) is 3. The molecule has 6 heteroatoms. The number of fused-ring (bicyclic) bond motifs is 1. The lowest BCUT2D eigenvalue weighted by Crippen LogP contribution is -2.39. The average molecular weight is 457 g/mol. The smallest absolute Gasteiger partial charge is 0.193 e. The van der Waals surface area contributed by atoms with Crippen LogP contribution in [-0.4, -0.2) is 44.7 Å². The lowest BCUT2D eigenvalue weighted by Gasteiger charge is -2.26. The zero-order valence-electron chi connectivity index (χ0n) is 15.0. The number of para-hydroxylation sites is 1. The van der Waals surface area contributed by atoms with Gasteiger partial charge in [-0.25, -0.2) is 0 Å². The van der Waals surface area contributed by atoms with Gasteiger partial charge in [0.25, 0.3) is 0 Å². The Morgan fingerprint density at radius 2 is 2.04 bits per heavy atom. The van der Waals surface area contributed by atoms with Gasteiger partial charge in [0.15, 0.2) is 5.96 Å². The van der Waals surface area contributed by atoms with Gasteiger partial charge in [-0.15, -0.1) is 24.0 Å². The summed E-state index contributed by atoms with van der Waals surface area (Å²) in [6.07, 6.45) is 3.54. The number of ether oxygens (including phenoxy) is 1. The molecule has 1 saturated heterocycles. The largest absolute Gasteiger partial charge is 0.459 e. The van der Waals surface area contributed by atoms with Gasteiger partial charge in [0.1, 0.15) is 11.3 Å². The SMILES string of the molecule is CN=C(NCc1cc2ccccc2o1)N(C)CCC1CCOCC1.I. The van der Waals surface area contributed by atoms with E-state index < -0.39 is 0 Å². The van der Waals surface area contributed by atoms with Crippen molar-refractivity contribution in [3.05, 3.63) is 36.1 Å². The minimum Gasteiger partial charge on any atom is -0.459 e. The Morgan fingerprint density at radius 3 is 2.76 bits per heavy atom. The second-order valence-corrected chi connectivity index (χ2v) is 6.42. The number of furan rings is 1. The van der Waals surface area contributed by atoms with Crippen LogP contribution in [0, 0.1) is 5.92 Å². The lowest BCUT2D eigenvalue weighted by atomic mass is 9.96. The van der Waals surface area contributed by atoms with E-state index in [1.165, 1.54) is 19.3 Å². The summed E-state index contributed by atoms with van der Waals surface area (Å²) < 4.78 is 11.3. The molecule has 2 aromatic rings. The second kappa shape index (κ2) is 10.0. The van der Waals surface area contributed by atoms with Crippen LogP contribution in [0.5, 0.6) is 0 Å². The number of guanidine groups is 1. The number of aliphatic imine (C=N–C) groups is 1. The predicted molar refractivity (Wildman–Crippen MR) is 113 cm³/mol. The molecule has 1 aromatic carbocycles. The number of hydrogen-bond donors (Lipinski definition) is 1. The fourth-order valence-corrected chi connectivity index (χ4v) is 3.19. The van der Waals surface area contributed by atoms with Gasteiger partial charge in [0.05, 0.1) is 6.54 Å². The van der Waals surface area contributed by atoms with Gasteiger partial charge in [0.2, 0.25) is 0 Å². The van der Waals surface area contributed by atoms with Crippen molar-refractivity contribution >= 4 is 40.9 Å². The van der Waals surface area contributed by atoms with E-state index in [0.29, 0.717) is 6.54 Å². The van der Waals surface area contributed by atoms with Crippen molar-refractivity contribution in [2.24, 2.45) is 10.9 Å². The van der Waals surface area contributed by atoms with Crippen LogP contribution >= 0.6 is 24.0 Å². The summed E-state index contributed by atoms with van der Waals surface area (Å²) in [7, 11) is 3.92. The molecule has 0 spiro atoms. The predicted octanol–water partition coefficient (Wildman–Crippen LogP) is 3.87. The van der Waals surface area contributed by atoms with E-state index in [2.05, 4.69) is 34.4 Å². The van der Waals surface area contributed by atoms with Gasteiger partial charge < -0.3 is 19.4 Å². The highest BCUT2D eigenvalue weighted by atomic mass is 127. The quantitative estimate of drug-likeness (QED) is 0.421. The molecule has 25 heavy (non-hydrogen) atoms. The summed E-state index contributed by atoms with van der Waals surface area (Å²) in [5.74, 6) is 2.60. The summed E-state index contributed by atoms with van der Waals surface area (Å²) in [5, 5.41) is 4.53. The Balaban J connectivity index is 0.00000225. The summed E-state index contributed by atoms with van der Waals surface area (Å²) in [6, 6.07) is 10.2.